The predicted octanol–water partition coefficient (Wildman–Crippen LogP) is 2.13. The van der Waals surface area contributed by atoms with Crippen molar-refractivity contribution in [1.29, 1.82) is 0 Å². The molecule has 4 nitrogen and oxygen atoms in total. The minimum absolute atomic E-state index is 0.157. The molecular formula is C14H25NO3. The highest BCUT2D eigenvalue weighted by atomic mass is 16.5. The summed E-state index contributed by atoms with van der Waals surface area (Å²) >= 11 is 0. The summed E-state index contributed by atoms with van der Waals surface area (Å²) in [5.74, 6) is -0.215. The summed E-state index contributed by atoms with van der Waals surface area (Å²) in [5.41, 5.74) is -0.157. The number of likely N-dealkylation sites (tertiary alicyclic amines) is 1. The van der Waals surface area contributed by atoms with Crippen LogP contribution in [0.15, 0.2) is 0 Å². The average molecular weight is 255 g/mol. The SMILES string of the molecule is CC(C)C1CC(CC(=O)O)(N2CCCC2)CCO1. The molecule has 2 saturated heterocycles. The number of ether oxygens (including phenoxy) is 1. The topological polar surface area (TPSA) is 49.8 Å². The van der Waals surface area contributed by atoms with Crippen LogP contribution in [0.5, 0.6) is 0 Å². The maximum absolute atomic E-state index is 11.2. The van der Waals surface area contributed by atoms with Gasteiger partial charge in [0.25, 0.3) is 0 Å². The van der Waals surface area contributed by atoms with Gasteiger partial charge < -0.3 is 9.84 Å². The quantitative estimate of drug-likeness (QED) is 0.836. The third-order valence-corrected chi connectivity index (χ3v) is 4.48. The number of carboxylic acids is 1. The molecule has 2 aliphatic rings. The minimum Gasteiger partial charge on any atom is -0.481 e. The lowest BCUT2D eigenvalue weighted by Gasteiger charge is -2.47. The lowest BCUT2D eigenvalue weighted by molar-refractivity contribution is -0.145. The first-order valence-electron chi connectivity index (χ1n) is 7.12. The minimum atomic E-state index is -0.675. The highest BCUT2D eigenvalue weighted by molar-refractivity contribution is 5.68. The molecule has 0 aromatic rings. The Morgan fingerprint density at radius 1 is 1.44 bits per heavy atom. The van der Waals surface area contributed by atoms with Crippen molar-refractivity contribution in [2.75, 3.05) is 19.7 Å². The smallest absolute Gasteiger partial charge is 0.305 e. The third-order valence-electron chi connectivity index (χ3n) is 4.48. The van der Waals surface area contributed by atoms with Crippen LogP contribution in [0.1, 0.15) is 46.0 Å². The first kappa shape index (κ1) is 13.8. The second-order valence-corrected chi connectivity index (χ2v) is 6.10. The molecule has 1 N–H and O–H groups in total. The highest BCUT2D eigenvalue weighted by Gasteiger charge is 2.44. The van der Waals surface area contributed by atoms with Gasteiger partial charge >= 0.3 is 5.97 Å². The van der Waals surface area contributed by atoms with Gasteiger partial charge in [0.2, 0.25) is 0 Å². The summed E-state index contributed by atoms with van der Waals surface area (Å²) in [4.78, 5) is 13.7. The fraction of sp³-hybridized carbons (Fsp3) is 0.929. The number of nitrogens with zero attached hydrogens (tertiary/aromatic N) is 1. The molecule has 2 atom stereocenters. The standard InChI is InChI=1S/C14H25NO3/c1-11(2)12-9-14(5-8-18-12,10-13(16)17)15-6-3-4-7-15/h11-12H,3-10H2,1-2H3,(H,16,17). The van der Waals surface area contributed by atoms with E-state index >= 15 is 0 Å². The van der Waals surface area contributed by atoms with E-state index in [9.17, 15) is 9.90 Å². The first-order valence-corrected chi connectivity index (χ1v) is 7.12. The van der Waals surface area contributed by atoms with Crippen molar-refractivity contribution in [3.05, 3.63) is 0 Å². The summed E-state index contributed by atoms with van der Waals surface area (Å²) in [6.07, 6.45) is 4.61. The fourth-order valence-corrected chi connectivity index (χ4v) is 3.40. The molecule has 0 saturated carbocycles. The molecule has 4 heteroatoms. The molecule has 2 heterocycles. The maximum Gasteiger partial charge on any atom is 0.305 e. The van der Waals surface area contributed by atoms with Gasteiger partial charge in [-0.2, -0.15) is 0 Å². The Bertz CT molecular complexity index is 299. The summed E-state index contributed by atoms with van der Waals surface area (Å²) < 4.78 is 5.82. The van der Waals surface area contributed by atoms with Gasteiger partial charge in [0.15, 0.2) is 0 Å². The monoisotopic (exact) mass is 255 g/mol. The van der Waals surface area contributed by atoms with Crippen LogP contribution in [0, 0.1) is 5.92 Å². The molecule has 0 aromatic heterocycles. The Morgan fingerprint density at radius 3 is 2.67 bits per heavy atom. The van der Waals surface area contributed by atoms with E-state index in [0.717, 1.165) is 25.9 Å². The molecule has 2 unspecified atom stereocenters. The lowest BCUT2D eigenvalue weighted by Crippen LogP contribution is -2.55. The van der Waals surface area contributed by atoms with Crippen molar-refractivity contribution in [3.8, 4) is 0 Å². The van der Waals surface area contributed by atoms with Crippen LogP contribution in [0.4, 0.5) is 0 Å². The number of aliphatic carboxylic acids is 1. The second-order valence-electron chi connectivity index (χ2n) is 6.10. The molecule has 2 fully saturated rings. The van der Waals surface area contributed by atoms with Crippen molar-refractivity contribution >= 4 is 5.97 Å². The molecule has 0 spiro atoms. The molecule has 0 aliphatic carbocycles. The van der Waals surface area contributed by atoms with Crippen LogP contribution in [0.2, 0.25) is 0 Å². The fourth-order valence-electron chi connectivity index (χ4n) is 3.40. The molecule has 0 radical (unpaired) electrons. The van der Waals surface area contributed by atoms with Gasteiger partial charge in [-0.05, 0) is 44.7 Å². The molecular weight excluding hydrogens is 230 g/mol. The number of rotatable bonds is 4. The van der Waals surface area contributed by atoms with Crippen molar-refractivity contribution < 1.29 is 14.6 Å². The van der Waals surface area contributed by atoms with E-state index in [1.54, 1.807) is 0 Å². The summed E-state index contributed by atoms with van der Waals surface area (Å²) in [6, 6.07) is 0. The van der Waals surface area contributed by atoms with Gasteiger partial charge in [0, 0.05) is 12.1 Å². The average Bonchev–Trinajstić information content (AvgIpc) is 2.82. The van der Waals surface area contributed by atoms with Crippen molar-refractivity contribution in [1.82, 2.24) is 4.90 Å². The van der Waals surface area contributed by atoms with Crippen LogP contribution in [-0.2, 0) is 9.53 Å². The summed E-state index contributed by atoms with van der Waals surface area (Å²) in [7, 11) is 0. The molecule has 0 aromatic carbocycles. The van der Waals surface area contributed by atoms with Crippen molar-refractivity contribution in [3.63, 3.8) is 0 Å². The van der Waals surface area contributed by atoms with E-state index in [1.165, 1.54) is 12.8 Å². The van der Waals surface area contributed by atoms with E-state index < -0.39 is 5.97 Å². The van der Waals surface area contributed by atoms with E-state index in [0.29, 0.717) is 12.5 Å². The summed E-state index contributed by atoms with van der Waals surface area (Å²) in [6.45, 7) is 7.12. The van der Waals surface area contributed by atoms with Crippen molar-refractivity contribution in [2.45, 2.75) is 57.6 Å². The Kier molecular flexibility index (Phi) is 4.28. The van der Waals surface area contributed by atoms with E-state index in [-0.39, 0.29) is 18.1 Å². The number of carboxylic acid groups (broad SMARTS) is 1. The Balaban J connectivity index is 2.15. The molecule has 2 aliphatic heterocycles. The predicted molar refractivity (Wildman–Crippen MR) is 69.6 cm³/mol. The lowest BCUT2D eigenvalue weighted by atomic mass is 9.79. The van der Waals surface area contributed by atoms with Crippen LogP contribution >= 0.6 is 0 Å². The second kappa shape index (κ2) is 5.57. The van der Waals surface area contributed by atoms with Gasteiger partial charge in [-0.1, -0.05) is 13.8 Å². The number of carbonyl (C=O) groups is 1. The molecule has 0 amide bonds. The van der Waals surface area contributed by atoms with E-state index in [1.807, 2.05) is 0 Å². The van der Waals surface area contributed by atoms with Crippen LogP contribution in [0.25, 0.3) is 0 Å². The van der Waals surface area contributed by atoms with Crippen molar-refractivity contribution in [2.24, 2.45) is 5.92 Å². The van der Waals surface area contributed by atoms with Crippen LogP contribution in [-0.4, -0.2) is 47.3 Å². The summed E-state index contributed by atoms with van der Waals surface area (Å²) in [5, 5.41) is 9.25. The molecule has 2 rings (SSSR count). The third kappa shape index (κ3) is 2.86. The zero-order valence-corrected chi connectivity index (χ0v) is 11.5. The zero-order chi connectivity index (χ0) is 13.2. The van der Waals surface area contributed by atoms with Gasteiger partial charge in [0.05, 0.1) is 12.5 Å². The Morgan fingerprint density at radius 2 is 2.11 bits per heavy atom. The molecule has 0 bridgehead atoms. The Hall–Kier alpha value is -0.610. The maximum atomic E-state index is 11.2. The number of hydrogen-bond acceptors (Lipinski definition) is 3. The van der Waals surface area contributed by atoms with Gasteiger partial charge in [-0.25, -0.2) is 0 Å². The highest BCUT2D eigenvalue weighted by Crippen LogP contribution is 2.38. The normalized spacial score (nSPS) is 34.1. The number of hydrogen-bond donors (Lipinski definition) is 1. The first-order chi connectivity index (χ1) is 8.53. The zero-order valence-electron chi connectivity index (χ0n) is 11.5. The van der Waals surface area contributed by atoms with Gasteiger partial charge in [0.1, 0.15) is 0 Å². The van der Waals surface area contributed by atoms with Crippen LogP contribution < -0.4 is 0 Å². The van der Waals surface area contributed by atoms with E-state index in [2.05, 4.69) is 18.7 Å². The van der Waals surface area contributed by atoms with Crippen LogP contribution in [0.3, 0.4) is 0 Å². The molecule has 104 valence electrons. The molecule has 18 heavy (non-hydrogen) atoms. The van der Waals surface area contributed by atoms with E-state index in [4.69, 9.17) is 4.74 Å². The largest absolute Gasteiger partial charge is 0.481 e. The van der Waals surface area contributed by atoms with Gasteiger partial charge in [-0.3, -0.25) is 9.69 Å². The Labute approximate surface area is 109 Å². The van der Waals surface area contributed by atoms with Gasteiger partial charge in [-0.15, -0.1) is 0 Å².